The zero-order chi connectivity index (χ0) is 26.0. The molecule has 196 valence electrons. The van der Waals surface area contributed by atoms with Gasteiger partial charge in [-0.1, -0.05) is 24.6 Å². The maximum Gasteiger partial charge on any atom is 0.262 e. The summed E-state index contributed by atoms with van der Waals surface area (Å²) in [6, 6.07) is 10.3. The topological polar surface area (TPSA) is 99.2 Å². The van der Waals surface area contributed by atoms with Gasteiger partial charge in [-0.15, -0.1) is 0 Å². The van der Waals surface area contributed by atoms with E-state index in [-0.39, 0.29) is 46.4 Å². The fraction of sp³-hybridized carbons (Fsp3) is 0.500. The second kappa shape index (κ2) is 11.0. The van der Waals surface area contributed by atoms with Crippen molar-refractivity contribution in [2.24, 2.45) is 11.8 Å². The summed E-state index contributed by atoms with van der Waals surface area (Å²) in [4.78, 5) is 17.5. The van der Waals surface area contributed by atoms with Crippen molar-refractivity contribution >= 4 is 33.2 Å². The maximum atomic E-state index is 13.6. The van der Waals surface area contributed by atoms with Crippen LogP contribution in [-0.4, -0.2) is 74.7 Å². The van der Waals surface area contributed by atoms with E-state index in [0.29, 0.717) is 24.0 Å². The first-order chi connectivity index (χ1) is 17.1. The van der Waals surface area contributed by atoms with Crippen LogP contribution in [0, 0.1) is 11.8 Å². The molecule has 0 unspecified atom stereocenters. The number of likely N-dealkylation sites (N-methyl/N-ethyl adjacent to an activating group) is 1. The SMILES string of the molecule is C[C@H](CO)N1C[C@H](C)[C@@H](CN(C)CC2CC2)Oc2c(NS(=O)(=O)c3ccc(Cl)cc3)cccc2C1=O. The van der Waals surface area contributed by atoms with E-state index in [9.17, 15) is 18.3 Å². The molecule has 1 aliphatic carbocycles. The number of benzene rings is 2. The standard InChI is InChI=1S/C26H34ClN3O5S/c1-17-13-30(18(2)16-31)26(32)22-5-4-6-23(28-36(33,34)21-11-9-20(27)10-12-21)25(22)35-24(17)15-29(3)14-19-7-8-19/h4-6,9-12,17-19,24,28,31H,7-8,13-16H2,1-3H3/t17-,18+,24+/m0/s1. The number of carbonyl (C=O) groups excluding carboxylic acids is 1. The predicted molar refractivity (Wildman–Crippen MR) is 140 cm³/mol. The van der Waals surface area contributed by atoms with Gasteiger partial charge in [0, 0.05) is 30.6 Å². The average Bonchev–Trinajstić information content (AvgIpc) is 3.65. The summed E-state index contributed by atoms with van der Waals surface area (Å²) < 4.78 is 35.4. The summed E-state index contributed by atoms with van der Waals surface area (Å²) >= 11 is 5.92. The molecule has 1 aliphatic heterocycles. The molecule has 0 radical (unpaired) electrons. The number of amides is 1. The fourth-order valence-corrected chi connectivity index (χ4v) is 5.67. The van der Waals surface area contributed by atoms with Crippen LogP contribution in [0.2, 0.25) is 5.02 Å². The third-order valence-corrected chi connectivity index (χ3v) is 8.45. The molecule has 36 heavy (non-hydrogen) atoms. The number of rotatable bonds is 9. The summed E-state index contributed by atoms with van der Waals surface area (Å²) in [5, 5.41) is 10.3. The minimum absolute atomic E-state index is 0.0475. The smallest absolute Gasteiger partial charge is 0.262 e. The van der Waals surface area contributed by atoms with Gasteiger partial charge in [-0.2, -0.15) is 0 Å². The number of nitrogens with zero attached hydrogens (tertiary/aromatic N) is 2. The molecule has 10 heteroatoms. The van der Waals surface area contributed by atoms with Gasteiger partial charge in [0.1, 0.15) is 6.10 Å². The first-order valence-electron chi connectivity index (χ1n) is 12.3. The first kappa shape index (κ1) is 26.7. The van der Waals surface area contributed by atoms with E-state index in [0.717, 1.165) is 6.54 Å². The molecule has 0 spiro atoms. The Morgan fingerprint density at radius 2 is 1.89 bits per heavy atom. The number of ether oxygens (including phenoxy) is 1. The van der Waals surface area contributed by atoms with Crippen LogP contribution in [0.3, 0.4) is 0 Å². The molecule has 2 N–H and O–H groups in total. The first-order valence-corrected chi connectivity index (χ1v) is 14.1. The van der Waals surface area contributed by atoms with Crippen molar-refractivity contribution in [1.82, 2.24) is 9.80 Å². The number of nitrogens with one attached hydrogen (secondary N) is 1. The second-order valence-corrected chi connectivity index (χ2v) is 12.1. The number of fused-ring (bicyclic) bond motifs is 1. The Balaban J connectivity index is 1.72. The average molecular weight is 536 g/mol. The highest BCUT2D eigenvalue weighted by Crippen LogP contribution is 2.36. The number of aliphatic hydroxyl groups excluding tert-OH is 1. The van der Waals surface area contributed by atoms with Crippen LogP contribution in [0.1, 0.15) is 37.0 Å². The largest absolute Gasteiger partial charge is 0.486 e. The van der Waals surface area contributed by atoms with E-state index in [1.807, 2.05) is 6.92 Å². The van der Waals surface area contributed by atoms with Crippen molar-refractivity contribution < 1.29 is 23.1 Å². The molecule has 0 bridgehead atoms. The number of halogens is 1. The van der Waals surface area contributed by atoms with Gasteiger partial charge in [0.25, 0.3) is 15.9 Å². The van der Waals surface area contributed by atoms with Crippen LogP contribution in [-0.2, 0) is 10.0 Å². The van der Waals surface area contributed by atoms with Crippen molar-refractivity contribution in [3.63, 3.8) is 0 Å². The van der Waals surface area contributed by atoms with Gasteiger partial charge in [-0.3, -0.25) is 9.52 Å². The Morgan fingerprint density at radius 3 is 2.53 bits per heavy atom. The van der Waals surface area contributed by atoms with Crippen LogP contribution in [0.25, 0.3) is 0 Å². The van der Waals surface area contributed by atoms with E-state index in [1.54, 1.807) is 30.0 Å². The van der Waals surface area contributed by atoms with Gasteiger partial charge in [0.15, 0.2) is 5.75 Å². The Kier molecular flexibility index (Phi) is 8.14. The molecule has 0 saturated heterocycles. The van der Waals surface area contributed by atoms with Crippen molar-refractivity contribution in [2.75, 3.05) is 38.0 Å². The van der Waals surface area contributed by atoms with Gasteiger partial charge in [0.2, 0.25) is 0 Å². The third kappa shape index (κ3) is 6.14. The number of hydrogen-bond acceptors (Lipinski definition) is 6. The lowest BCUT2D eigenvalue weighted by Gasteiger charge is -2.38. The minimum Gasteiger partial charge on any atom is -0.486 e. The van der Waals surface area contributed by atoms with E-state index >= 15 is 0 Å². The van der Waals surface area contributed by atoms with Gasteiger partial charge < -0.3 is 19.6 Å². The number of sulfonamides is 1. The molecule has 2 aromatic rings. The van der Waals surface area contributed by atoms with E-state index < -0.39 is 16.1 Å². The lowest BCUT2D eigenvalue weighted by atomic mass is 9.99. The highest BCUT2D eigenvalue weighted by atomic mass is 35.5. The van der Waals surface area contributed by atoms with Gasteiger partial charge >= 0.3 is 0 Å². The molecule has 1 fully saturated rings. The van der Waals surface area contributed by atoms with E-state index in [1.165, 1.54) is 37.1 Å². The lowest BCUT2D eigenvalue weighted by Crippen LogP contribution is -2.50. The molecular weight excluding hydrogens is 502 g/mol. The van der Waals surface area contributed by atoms with Crippen LogP contribution in [0.5, 0.6) is 5.75 Å². The van der Waals surface area contributed by atoms with Crippen molar-refractivity contribution in [1.29, 1.82) is 0 Å². The number of anilines is 1. The van der Waals surface area contributed by atoms with Gasteiger partial charge in [0.05, 0.1) is 28.8 Å². The quantitative estimate of drug-likeness (QED) is 0.508. The van der Waals surface area contributed by atoms with E-state index in [2.05, 4.69) is 16.7 Å². The fourth-order valence-electron chi connectivity index (χ4n) is 4.48. The van der Waals surface area contributed by atoms with Crippen LogP contribution in [0.15, 0.2) is 47.4 Å². The normalized spacial score (nSPS) is 21.4. The number of carbonyl (C=O) groups is 1. The highest BCUT2D eigenvalue weighted by Gasteiger charge is 2.35. The zero-order valence-electron chi connectivity index (χ0n) is 20.9. The summed E-state index contributed by atoms with van der Waals surface area (Å²) in [5.41, 5.74) is 0.449. The molecule has 1 heterocycles. The summed E-state index contributed by atoms with van der Waals surface area (Å²) in [5.74, 6) is 0.543. The van der Waals surface area contributed by atoms with Crippen molar-refractivity contribution in [3.8, 4) is 5.75 Å². The molecule has 8 nitrogen and oxygen atoms in total. The maximum absolute atomic E-state index is 13.6. The van der Waals surface area contributed by atoms with Crippen LogP contribution < -0.4 is 9.46 Å². The number of para-hydroxylation sites is 1. The van der Waals surface area contributed by atoms with Gasteiger partial charge in [-0.05, 0) is 69.1 Å². The van der Waals surface area contributed by atoms with Gasteiger partial charge in [-0.25, -0.2) is 8.42 Å². The molecule has 4 rings (SSSR count). The Hall–Kier alpha value is -2.33. The van der Waals surface area contributed by atoms with Crippen molar-refractivity contribution in [2.45, 2.75) is 43.7 Å². The molecule has 3 atom stereocenters. The zero-order valence-corrected chi connectivity index (χ0v) is 22.4. The molecule has 0 aromatic heterocycles. The Morgan fingerprint density at radius 1 is 1.19 bits per heavy atom. The monoisotopic (exact) mass is 535 g/mol. The number of aliphatic hydroxyl groups is 1. The Labute approximate surface area is 218 Å². The highest BCUT2D eigenvalue weighted by molar-refractivity contribution is 7.92. The summed E-state index contributed by atoms with van der Waals surface area (Å²) in [7, 11) is -1.90. The lowest BCUT2D eigenvalue weighted by molar-refractivity contribution is 0.0346. The number of hydrogen-bond donors (Lipinski definition) is 2. The molecular formula is C26H34ClN3O5S. The third-order valence-electron chi connectivity index (χ3n) is 6.82. The summed E-state index contributed by atoms with van der Waals surface area (Å²) in [6.07, 6.45) is 2.18. The molecule has 2 aromatic carbocycles. The summed E-state index contributed by atoms with van der Waals surface area (Å²) in [6.45, 7) is 5.66. The molecule has 1 saturated carbocycles. The Bertz CT molecular complexity index is 1190. The predicted octanol–water partition coefficient (Wildman–Crippen LogP) is 3.70. The van der Waals surface area contributed by atoms with Crippen molar-refractivity contribution in [3.05, 3.63) is 53.1 Å². The van der Waals surface area contributed by atoms with Crippen LogP contribution in [0.4, 0.5) is 5.69 Å². The molecule has 1 amide bonds. The minimum atomic E-state index is -3.96. The second-order valence-electron chi connectivity index (χ2n) is 10.0. The van der Waals surface area contributed by atoms with Crippen LogP contribution >= 0.6 is 11.6 Å². The molecule has 2 aliphatic rings. The van der Waals surface area contributed by atoms with E-state index in [4.69, 9.17) is 16.3 Å².